The van der Waals surface area contributed by atoms with Crippen LogP contribution in [-0.2, 0) is 21.1 Å². The van der Waals surface area contributed by atoms with Gasteiger partial charge in [-0.2, -0.15) is 0 Å². The number of benzene rings is 2. The van der Waals surface area contributed by atoms with E-state index < -0.39 is 5.82 Å². The summed E-state index contributed by atoms with van der Waals surface area (Å²) in [5.74, 6) is -0.772. The molecule has 2 rings (SSSR count). The zero-order valence-electron chi connectivity index (χ0n) is 16.3. The van der Waals surface area contributed by atoms with Crippen LogP contribution in [0.2, 0.25) is 5.02 Å². The van der Waals surface area contributed by atoms with Crippen molar-refractivity contribution >= 4 is 35.0 Å². The average Bonchev–Trinajstić information content (AvgIpc) is 2.71. The molecule has 0 spiro atoms. The van der Waals surface area contributed by atoms with Crippen LogP contribution in [0.4, 0.5) is 4.39 Å². The topological polar surface area (TPSA) is 72.3 Å². The Morgan fingerprint density at radius 1 is 1.24 bits per heavy atom. The summed E-state index contributed by atoms with van der Waals surface area (Å²) in [6.07, 6.45) is 3.42. The molecular weight excluding hydrogens is 397 g/mol. The molecule has 0 saturated heterocycles. The van der Waals surface area contributed by atoms with E-state index in [4.69, 9.17) is 21.3 Å². The van der Waals surface area contributed by atoms with Crippen molar-refractivity contribution in [1.82, 2.24) is 5.32 Å². The number of rotatable bonds is 8. The number of hydrogen-bond donors (Lipinski definition) is 1. The Hall–Kier alpha value is -3.19. The van der Waals surface area contributed by atoms with Crippen molar-refractivity contribution in [1.29, 1.82) is 0 Å². The summed E-state index contributed by atoms with van der Waals surface area (Å²) in [5, 5.41) is 10.7. The summed E-state index contributed by atoms with van der Waals surface area (Å²) in [5.41, 5.74) is 2.68. The highest BCUT2D eigenvalue weighted by atomic mass is 35.5. The molecule has 152 valence electrons. The summed E-state index contributed by atoms with van der Waals surface area (Å²) >= 11 is 5.99. The highest BCUT2D eigenvalue weighted by Crippen LogP contribution is 2.18. The summed E-state index contributed by atoms with van der Waals surface area (Å²) in [4.78, 5) is 22.3. The van der Waals surface area contributed by atoms with E-state index in [1.807, 2.05) is 12.1 Å². The van der Waals surface area contributed by atoms with Gasteiger partial charge in [-0.15, -0.1) is 0 Å². The highest BCUT2D eigenvalue weighted by molar-refractivity contribution is 6.45. The van der Waals surface area contributed by atoms with Crippen molar-refractivity contribution in [2.24, 2.45) is 10.3 Å². The predicted molar refractivity (Wildman–Crippen MR) is 112 cm³/mol. The first-order valence-electron chi connectivity index (χ1n) is 8.67. The fraction of sp³-hybridized carbons (Fsp3) is 0.190. The normalized spacial score (nSPS) is 12.2. The first-order chi connectivity index (χ1) is 14.0. The Kier molecular flexibility index (Phi) is 8.36. The lowest BCUT2D eigenvalue weighted by molar-refractivity contribution is -0.114. The van der Waals surface area contributed by atoms with Gasteiger partial charge in [-0.1, -0.05) is 58.3 Å². The number of nitrogens with one attached hydrogen (secondary N) is 1. The van der Waals surface area contributed by atoms with Gasteiger partial charge in [0.05, 0.1) is 10.7 Å². The third-order valence-electron chi connectivity index (χ3n) is 3.79. The molecule has 0 saturated carbocycles. The number of likely N-dealkylation sites (N-methyl/N-ethyl adjacent to an activating group) is 1. The molecule has 2 aromatic carbocycles. The molecule has 0 radical (unpaired) electrons. The minimum atomic E-state index is -0.396. The Morgan fingerprint density at radius 2 is 2.00 bits per heavy atom. The second kappa shape index (κ2) is 11.0. The van der Waals surface area contributed by atoms with Gasteiger partial charge in [-0.3, -0.25) is 4.79 Å². The summed E-state index contributed by atoms with van der Waals surface area (Å²) in [6, 6.07) is 11.3. The summed E-state index contributed by atoms with van der Waals surface area (Å²) in [6.45, 7) is 1.88. The van der Waals surface area contributed by atoms with E-state index in [-0.39, 0.29) is 18.2 Å². The Balaban J connectivity index is 2.11. The van der Waals surface area contributed by atoms with Crippen LogP contribution in [-0.4, -0.2) is 31.5 Å². The van der Waals surface area contributed by atoms with E-state index >= 15 is 0 Å². The number of oxime groups is 2. The van der Waals surface area contributed by atoms with Crippen LogP contribution in [0, 0.1) is 5.82 Å². The van der Waals surface area contributed by atoms with Crippen molar-refractivity contribution < 1.29 is 18.9 Å². The van der Waals surface area contributed by atoms with Gasteiger partial charge in [-0.25, -0.2) is 4.39 Å². The molecule has 0 aliphatic carbocycles. The lowest BCUT2D eigenvalue weighted by Crippen LogP contribution is -2.29. The van der Waals surface area contributed by atoms with Gasteiger partial charge in [0.2, 0.25) is 0 Å². The van der Waals surface area contributed by atoms with E-state index in [0.29, 0.717) is 27.4 Å². The fourth-order valence-electron chi connectivity index (χ4n) is 2.38. The molecule has 1 N–H and O–H groups in total. The number of carbonyl (C=O) groups is 1. The van der Waals surface area contributed by atoms with Crippen LogP contribution < -0.4 is 5.32 Å². The molecule has 0 aliphatic heterocycles. The van der Waals surface area contributed by atoms with Crippen LogP contribution in [0.3, 0.4) is 0 Å². The van der Waals surface area contributed by atoms with E-state index in [1.54, 1.807) is 37.3 Å². The molecule has 0 atom stereocenters. The van der Waals surface area contributed by atoms with Crippen molar-refractivity contribution in [3.8, 4) is 0 Å². The van der Waals surface area contributed by atoms with Crippen LogP contribution in [0.25, 0.3) is 6.08 Å². The Morgan fingerprint density at radius 3 is 2.69 bits per heavy atom. The third kappa shape index (κ3) is 6.43. The maximum atomic E-state index is 13.1. The fourth-order valence-corrected chi connectivity index (χ4v) is 2.61. The predicted octanol–water partition coefficient (Wildman–Crippen LogP) is 4.18. The van der Waals surface area contributed by atoms with Crippen molar-refractivity contribution in [2.45, 2.75) is 13.5 Å². The summed E-state index contributed by atoms with van der Waals surface area (Å²) in [7, 11) is 2.88. The van der Waals surface area contributed by atoms with Gasteiger partial charge in [0, 0.05) is 18.2 Å². The van der Waals surface area contributed by atoms with E-state index in [1.165, 1.54) is 26.3 Å². The zero-order valence-corrected chi connectivity index (χ0v) is 17.0. The van der Waals surface area contributed by atoms with Gasteiger partial charge in [0.25, 0.3) is 5.91 Å². The number of carbonyl (C=O) groups excluding carboxylic acids is 1. The van der Waals surface area contributed by atoms with Gasteiger partial charge in [0.15, 0.2) is 5.71 Å². The maximum absolute atomic E-state index is 13.1. The second-order valence-electron chi connectivity index (χ2n) is 5.86. The maximum Gasteiger partial charge on any atom is 0.273 e. The van der Waals surface area contributed by atoms with E-state index in [0.717, 1.165) is 0 Å². The van der Waals surface area contributed by atoms with Gasteiger partial charge in [0.1, 0.15) is 19.5 Å². The molecule has 8 heteroatoms. The quantitative estimate of drug-likeness (QED) is 0.517. The molecule has 29 heavy (non-hydrogen) atoms. The zero-order chi connectivity index (χ0) is 21.2. The number of nitrogens with zero attached hydrogens (tertiary/aromatic N) is 2. The minimum absolute atomic E-state index is 0.123. The molecule has 0 fully saturated rings. The van der Waals surface area contributed by atoms with Crippen molar-refractivity contribution in [3.63, 3.8) is 0 Å². The number of allylic oxidation sites excluding steroid dienone is 1. The molecule has 6 nitrogen and oxygen atoms in total. The van der Waals surface area contributed by atoms with Crippen LogP contribution in [0.1, 0.15) is 23.6 Å². The van der Waals surface area contributed by atoms with Crippen LogP contribution >= 0.6 is 11.6 Å². The lowest BCUT2D eigenvalue weighted by Gasteiger charge is -2.10. The molecule has 0 bridgehead atoms. The first-order valence-corrected chi connectivity index (χ1v) is 9.05. The third-order valence-corrected chi connectivity index (χ3v) is 4.12. The number of hydrogen-bond acceptors (Lipinski definition) is 5. The van der Waals surface area contributed by atoms with Gasteiger partial charge < -0.3 is 15.0 Å². The largest absolute Gasteiger partial charge is 0.398 e. The number of amides is 1. The van der Waals surface area contributed by atoms with Gasteiger partial charge >= 0.3 is 0 Å². The van der Waals surface area contributed by atoms with E-state index in [2.05, 4.69) is 15.6 Å². The average molecular weight is 418 g/mol. The van der Waals surface area contributed by atoms with Crippen LogP contribution in [0.5, 0.6) is 0 Å². The SMILES string of the molecule is CNC(=O)/C(=N\OC)c1ccccc1CO/N=C(C)/C=C/c1ccc(F)cc1Cl. The molecule has 0 unspecified atom stereocenters. The van der Waals surface area contributed by atoms with E-state index in [9.17, 15) is 9.18 Å². The molecule has 0 aromatic heterocycles. The Bertz CT molecular complexity index is 958. The number of halogens is 2. The monoisotopic (exact) mass is 417 g/mol. The molecule has 1 amide bonds. The first kappa shape index (κ1) is 22.1. The van der Waals surface area contributed by atoms with Crippen LogP contribution in [0.15, 0.2) is 58.9 Å². The minimum Gasteiger partial charge on any atom is -0.398 e. The molecule has 2 aromatic rings. The second-order valence-corrected chi connectivity index (χ2v) is 6.27. The molecular formula is C21H21ClFN3O3. The summed E-state index contributed by atoms with van der Waals surface area (Å²) < 4.78 is 13.1. The van der Waals surface area contributed by atoms with Gasteiger partial charge in [-0.05, 0) is 30.7 Å². The molecule has 0 heterocycles. The molecule has 0 aliphatic rings. The Labute approximate surface area is 173 Å². The highest BCUT2D eigenvalue weighted by Gasteiger charge is 2.17. The smallest absolute Gasteiger partial charge is 0.273 e. The lowest BCUT2D eigenvalue weighted by atomic mass is 10.0. The van der Waals surface area contributed by atoms with Crippen molar-refractivity contribution in [2.75, 3.05) is 14.2 Å². The van der Waals surface area contributed by atoms with Crippen molar-refractivity contribution in [3.05, 3.63) is 76.1 Å². The standard InChI is InChI=1S/C21H21ClFN3O3/c1-14(8-9-15-10-11-17(23)12-19(15)22)25-29-13-16-6-4-5-7-18(16)20(26-28-3)21(27)24-2/h4-12H,13H2,1-3H3,(H,24,27)/b9-8+,25-14+,26-20-.